The molecule has 190 valence electrons. The minimum atomic E-state index is -3.95. The van der Waals surface area contributed by atoms with Crippen LogP contribution in [0.15, 0.2) is 83.7 Å². The lowest BCUT2D eigenvalue weighted by Gasteiger charge is -2.10. The van der Waals surface area contributed by atoms with Gasteiger partial charge in [0.15, 0.2) is 0 Å². The molecule has 3 aromatic carbocycles. The Balaban J connectivity index is 1.35. The Kier molecular flexibility index (Phi) is 6.43. The maximum absolute atomic E-state index is 13.1. The van der Waals surface area contributed by atoms with Crippen LogP contribution in [0.3, 0.4) is 0 Å². The summed E-state index contributed by atoms with van der Waals surface area (Å²) in [5.74, 6) is -0.911. The number of phenolic OH excluding ortho intramolecular Hbond substituents is 1. The maximum atomic E-state index is 13.1. The number of nitrogens with zero attached hydrogens (tertiary/aromatic N) is 1. The number of fused-ring (bicyclic) bond motifs is 2. The topological polar surface area (TPSA) is 125 Å². The zero-order valence-corrected chi connectivity index (χ0v) is 21.5. The van der Waals surface area contributed by atoms with Crippen LogP contribution in [-0.2, 0) is 16.4 Å². The number of phenols is 1. The summed E-state index contributed by atoms with van der Waals surface area (Å²) in [5, 5.41) is 16.3. The molecule has 0 saturated heterocycles. The maximum Gasteiger partial charge on any atom is 0.257 e. The van der Waals surface area contributed by atoms with Gasteiger partial charge >= 0.3 is 0 Å². The molecule has 0 radical (unpaired) electrons. The van der Waals surface area contributed by atoms with E-state index >= 15 is 0 Å². The summed E-state index contributed by atoms with van der Waals surface area (Å²) in [6, 6.07) is 13.6. The van der Waals surface area contributed by atoms with Crippen LogP contribution in [0.5, 0.6) is 5.75 Å². The zero-order valence-electron chi connectivity index (χ0n) is 19.9. The lowest BCUT2D eigenvalue weighted by atomic mass is 10.0. The first-order valence-electron chi connectivity index (χ1n) is 11.4. The van der Waals surface area contributed by atoms with E-state index in [2.05, 4.69) is 28.8 Å². The molecule has 0 atom stereocenters. The fourth-order valence-electron chi connectivity index (χ4n) is 4.11. The van der Waals surface area contributed by atoms with E-state index in [0.717, 1.165) is 10.4 Å². The summed E-state index contributed by atoms with van der Waals surface area (Å²) in [6.45, 7) is 7.63. The molecule has 2 amide bonds. The number of carbonyl (C=O) groups is 2. The van der Waals surface area contributed by atoms with Gasteiger partial charge in [0.2, 0.25) is 9.84 Å². The predicted molar refractivity (Wildman–Crippen MR) is 147 cm³/mol. The Morgan fingerprint density at radius 1 is 1.05 bits per heavy atom. The van der Waals surface area contributed by atoms with E-state index in [1.54, 1.807) is 42.6 Å². The minimum absolute atomic E-state index is 0.0438. The third kappa shape index (κ3) is 4.40. The van der Waals surface area contributed by atoms with Crippen LogP contribution in [0.4, 0.5) is 5.69 Å². The van der Waals surface area contributed by atoms with E-state index in [1.807, 2.05) is 0 Å². The Labute approximate surface area is 222 Å². The van der Waals surface area contributed by atoms with Gasteiger partial charge < -0.3 is 15.7 Å². The highest BCUT2D eigenvalue weighted by molar-refractivity contribution is 7.91. The third-order valence-corrected chi connectivity index (χ3v) is 8.95. The Morgan fingerprint density at radius 3 is 2.47 bits per heavy atom. The van der Waals surface area contributed by atoms with Gasteiger partial charge in [-0.05, 0) is 42.5 Å². The van der Waals surface area contributed by atoms with Gasteiger partial charge in [-0.15, -0.1) is 11.3 Å². The molecular formula is C28H21N3O5S2. The fourth-order valence-corrected chi connectivity index (χ4v) is 6.54. The number of benzene rings is 3. The van der Waals surface area contributed by atoms with Crippen LogP contribution in [0.1, 0.15) is 36.7 Å². The quantitative estimate of drug-likeness (QED) is 0.310. The average Bonchev–Trinajstić information content (AvgIpc) is 3.38. The van der Waals surface area contributed by atoms with Gasteiger partial charge in [-0.3, -0.25) is 9.59 Å². The molecule has 0 bridgehead atoms. The number of carbonyl (C=O) groups excluding carboxylic acids is 2. The second-order valence-corrected chi connectivity index (χ2v) is 11.4. The lowest BCUT2D eigenvalue weighted by molar-refractivity contribution is 0.0949. The summed E-state index contributed by atoms with van der Waals surface area (Å²) in [5.41, 5.74) is 2.18. The fraction of sp³-hybridized carbons (Fsp3) is 0.0357. The molecule has 0 unspecified atom stereocenters. The van der Waals surface area contributed by atoms with Crippen molar-refractivity contribution in [2.45, 2.75) is 16.3 Å². The summed E-state index contributed by atoms with van der Waals surface area (Å²) in [7, 11) is -3.95. The Hall–Kier alpha value is -4.54. The van der Waals surface area contributed by atoms with Crippen molar-refractivity contribution in [2.75, 3.05) is 5.32 Å². The number of amides is 2. The number of rotatable bonds is 6. The molecule has 0 saturated carbocycles. The van der Waals surface area contributed by atoms with Gasteiger partial charge in [0.25, 0.3) is 11.8 Å². The first kappa shape index (κ1) is 25.1. The molecule has 4 aromatic rings. The van der Waals surface area contributed by atoms with Gasteiger partial charge in [-0.25, -0.2) is 13.4 Å². The van der Waals surface area contributed by atoms with E-state index in [-0.39, 0.29) is 38.9 Å². The van der Waals surface area contributed by atoms with Crippen molar-refractivity contribution in [3.8, 4) is 16.3 Å². The van der Waals surface area contributed by atoms with Crippen molar-refractivity contribution < 1.29 is 23.1 Å². The van der Waals surface area contributed by atoms with Crippen LogP contribution in [-0.4, -0.2) is 30.3 Å². The van der Waals surface area contributed by atoms with E-state index < -0.39 is 21.7 Å². The predicted octanol–water partition coefficient (Wildman–Crippen LogP) is 5.13. The van der Waals surface area contributed by atoms with Crippen molar-refractivity contribution in [3.05, 3.63) is 101 Å². The van der Waals surface area contributed by atoms with Gasteiger partial charge in [0, 0.05) is 33.3 Å². The van der Waals surface area contributed by atoms with Crippen LogP contribution < -0.4 is 10.6 Å². The third-order valence-electron chi connectivity index (χ3n) is 6.03. The molecule has 5 rings (SSSR count). The molecule has 0 spiro atoms. The highest BCUT2D eigenvalue weighted by Gasteiger charge is 2.31. The van der Waals surface area contributed by atoms with E-state index in [1.165, 1.54) is 41.7 Å². The van der Waals surface area contributed by atoms with Crippen LogP contribution in [0.2, 0.25) is 0 Å². The van der Waals surface area contributed by atoms with Gasteiger partial charge in [-0.2, -0.15) is 0 Å². The molecule has 0 fully saturated rings. The van der Waals surface area contributed by atoms with Crippen molar-refractivity contribution in [1.29, 1.82) is 0 Å². The first-order valence-corrected chi connectivity index (χ1v) is 13.7. The van der Waals surface area contributed by atoms with Crippen LogP contribution in [0.25, 0.3) is 22.7 Å². The SMILES string of the molecule is C=Cc1cc(-c2ncc(CNC(=O)c3ccc4c(c3)NC(=O)c3ccccc3S4(=O)=O)s2)cc(C=C)c1O. The lowest BCUT2D eigenvalue weighted by Crippen LogP contribution is -2.22. The number of hydrogen-bond donors (Lipinski definition) is 3. The normalized spacial score (nSPS) is 13.4. The summed E-state index contributed by atoms with van der Waals surface area (Å²) in [6.07, 6.45) is 4.75. The Bertz CT molecular complexity index is 1730. The van der Waals surface area contributed by atoms with E-state index in [4.69, 9.17) is 0 Å². The Morgan fingerprint density at radius 2 is 1.76 bits per heavy atom. The van der Waals surface area contributed by atoms with E-state index in [0.29, 0.717) is 16.1 Å². The molecule has 1 aliphatic heterocycles. The van der Waals surface area contributed by atoms with E-state index in [9.17, 15) is 23.1 Å². The summed E-state index contributed by atoms with van der Waals surface area (Å²) >= 11 is 1.37. The number of thiazole rings is 1. The molecule has 0 aliphatic carbocycles. The number of sulfone groups is 1. The number of anilines is 1. The minimum Gasteiger partial charge on any atom is -0.507 e. The van der Waals surface area contributed by atoms with Gasteiger partial charge in [0.05, 0.1) is 27.6 Å². The molecule has 38 heavy (non-hydrogen) atoms. The van der Waals surface area contributed by atoms with Gasteiger partial charge in [-0.1, -0.05) is 37.4 Å². The highest BCUT2D eigenvalue weighted by Crippen LogP contribution is 2.35. The average molecular weight is 544 g/mol. The molecule has 10 heteroatoms. The van der Waals surface area contributed by atoms with Gasteiger partial charge in [0.1, 0.15) is 10.8 Å². The molecule has 1 aliphatic rings. The smallest absolute Gasteiger partial charge is 0.257 e. The van der Waals surface area contributed by atoms with Crippen LogP contribution in [0, 0.1) is 0 Å². The second kappa shape index (κ2) is 9.73. The van der Waals surface area contributed by atoms with Crippen molar-refractivity contribution in [3.63, 3.8) is 0 Å². The zero-order chi connectivity index (χ0) is 27.0. The molecule has 8 nitrogen and oxygen atoms in total. The van der Waals surface area contributed by atoms with Crippen molar-refractivity contribution in [1.82, 2.24) is 10.3 Å². The van der Waals surface area contributed by atoms with Crippen molar-refractivity contribution >= 4 is 50.8 Å². The molecule has 1 aromatic heterocycles. The molecular weight excluding hydrogens is 522 g/mol. The first-order chi connectivity index (χ1) is 18.2. The highest BCUT2D eigenvalue weighted by atomic mass is 32.2. The summed E-state index contributed by atoms with van der Waals surface area (Å²) < 4.78 is 26.3. The largest absolute Gasteiger partial charge is 0.507 e. The second-order valence-electron chi connectivity index (χ2n) is 8.39. The number of aromatic hydroxyl groups is 1. The number of nitrogens with one attached hydrogen (secondary N) is 2. The van der Waals surface area contributed by atoms with Crippen LogP contribution >= 0.6 is 11.3 Å². The molecule has 3 N–H and O–H groups in total. The van der Waals surface area contributed by atoms with Crippen molar-refractivity contribution in [2.24, 2.45) is 0 Å². The molecule has 2 heterocycles. The summed E-state index contributed by atoms with van der Waals surface area (Å²) in [4.78, 5) is 30.6. The number of aromatic nitrogens is 1. The number of hydrogen-bond acceptors (Lipinski definition) is 7. The monoisotopic (exact) mass is 543 g/mol. The standard InChI is InChI=1S/C28H21N3O5S2/c1-3-16-11-19(12-17(4-2)25(16)32)28-30-15-20(37-28)14-29-26(33)18-9-10-24-22(13-18)31-27(34)21-7-5-6-8-23(21)38(24,35)36/h3-13,15,32H,1-2,14H2,(H,29,33)(H,31,34).